The lowest BCUT2D eigenvalue weighted by molar-refractivity contribution is -0.147. The number of anilines is 1. The normalized spacial score (nSPS) is 10.2. The highest BCUT2D eigenvalue weighted by atomic mass is 35.5. The molecule has 2 rings (SSSR count). The number of benzene rings is 2. The topological polar surface area (TPSA) is 84.5 Å². The zero-order valence-electron chi connectivity index (χ0n) is 14.6. The highest BCUT2D eigenvalue weighted by Crippen LogP contribution is 2.29. The molecular formula is C19H17Cl3N2O4. The zero-order chi connectivity index (χ0) is 20.5. The highest BCUT2D eigenvalue weighted by Gasteiger charge is 2.12. The lowest BCUT2D eigenvalue weighted by atomic mass is 10.2. The summed E-state index contributed by atoms with van der Waals surface area (Å²) in [4.78, 5) is 35.5. The quantitative estimate of drug-likeness (QED) is 0.469. The van der Waals surface area contributed by atoms with E-state index in [4.69, 9.17) is 39.5 Å². The van der Waals surface area contributed by atoms with E-state index in [-0.39, 0.29) is 34.6 Å². The van der Waals surface area contributed by atoms with Crippen molar-refractivity contribution in [3.63, 3.8) is 0 Å². The Morgan fingerprint density at radius 1 is 0.929 bits per heavy atom. The van der Waals surface area contributed by atoms with E-state index >= 15 is 0 Å². The van der Waals surface area contributed by atoms with Gasteiger partial charge in [0.15, 0.2) is 6.61 Å². The fraction of sp³-hybridized carbons (Fsp3) is 0.211. The zero-order valence-corrected chi connectivity index (χ0v) is 16.9. The van der Waals surface area contributed by atoms with E-state index in [1.165, 1.54) is 0 Å². The van der Waals surface area contributed by atoms with Crippen LogP contribution in [-0.4, -0.2) is 30.9 Å². The van der Waals surface area contributed by atoms with Gasteiger partial charge in [0.05, 0.1) is 15.7 Å². The average molecular weight is 444 g/mol. The second-order valence-corrected chi connectivity index (χ2v) is 6.92. The van der Waals surface area contributed by atoms with E-state index in [2.05, 4.69) is 10.6 Å². The van der Waals surface area contributed by atoms with Crippen molar-refractivity contribution in [3.8, 4) is 0 Å². The van der Waals surface area contributed by atoms with Gasteiger partial charge in [0.2, 0.25) is 0 Å². The van der Waals surface area contributed by atoms with Crippen molar-refractivity contribution in [2.75, 3.05) is 18.5 Å². The maximum Gasteiger partial charge on any atom is 0.306 e. The SMILES string of the molecule is O=C(COC(=O)CCCNC(=O)c1ccc(Cl)cc1)Nc1c(Cl)cccc1Cl. The van der Waals surface area contributed by atoms with Crippen LogP contribution in [0.25, 0.3) is 0 Å². The predicted octanol–water partition coefficient (Wildman–Crippen LogP) is 4.34. The van der Waals surface area contributed by atoms with Gasteiger partial charge in [-0.15, -0.1) is 0 Å². The Morgan fingerprint density at radius 2 is 1.57 bits per heavy atom. The van der Waals surface area contributed by atoms with E-state index in [9.17, 15) is 14.4 Å². The summed E-state index contributed by atoms with van der Waals surface area (Å²) in [6.45, 7) is -0.171. The molecule has 0 bridgehead atoms. The Kier molecular flexibility index (Phi) is 8.57. The fourth-order valence-corrected chi connectivity index (χ4v) is 2.77. The molecule has 2 amide bonds. The molecule has 2 aromatic carbocycles. The number of ether oxygens (including phenoxy) is 1. The summed E-state index contributed by atoms with van der Waals surface area (Å²) in [5.41, 5.74) is 0.735. The van der Waals surface area contributed by atoms with Crippen molar-refractivity contribution < 1.29 is 19.1 Å². The van der Waals surface area contributed by atoms with Crippen molar-refractivity contribution in [2.24, 2.45) is 0 Å². The molecule has 0 unspecified atom stereocenters. The number of esters is 1. The molecule has 2 aromatic rings. The molecule has 28 heavy (non-hydrogen) atoms. The van der Waals surface area contributed by atoms with Crippen LogP contribution < -0.4 is 10.6 Å². The summed E-state index contributed by atoms with van der Waals surface area (Å²) < 4.78 is 4.90. The van der Waals surface area contributed by atoms with Crippen molar-refractivity contribution in [2.45, 2.75) is 12.8 Å². The van der Waals surface area contributed by atoms with E-state index in [0.717, 1.165) is 0 Å². The fourth-order valence-electron chi connectivity index (χ4n) is 2.15. The molecule has 0 aromatic heterocycles. The Balaban J connectivity index is 1.65. The minimum absolute atomic E-state index is 0.0566. The van der Waals surface area contributed by atoms with Gasteiger partial charge in [-0.3, -0.25) is 14.4 Å². The monoisotopic (exact) mass is 442 g/mol. The third-order valence-electron chi connectivity index (χ3n) is 3.54. The molecule has 0 saturated heterocycles. The molecule has 0 saturated carbocycles. The van der Waals surface area contributed by atoms with Crippen LogP contribution in [0.4, 0.5) is 5.69 Å². The number of amides is 2. The summed E-state index contributed by atoms with van der Waals surface area (Å²) in [5.74, 6) is -1.37. The van der Waals surface area contributed by atoms with Crippen LogP contribution in [0.2, 0.25) is 15.1 Å². The maximum atomic E-state index is 11.9. The van der Waals surface area contributed by atoms with Gasteiger partial charge in [-0.2, -0.15) is 0 Å². The first-order valence-electron chi connectivity index (χ1n) is 8.30. The molecular weight excluding hydrogens is 427 g/mol. The van der Waals surface area contributed by atoms with Gasteiger partial charge < -0.3 is 15.4 Å². The van der Waals surface area contributed by atoms with Gasteiger partial charge in [0, 0.05) is 23.6 Å². The summed E-state index contributed by atoms with van der Waals surface area (Å²) in [7, 11) is 0. The first kappa shape index (κ1) is 22.0. The standard InChI is InChI=1S/C19H17Cl3N2O4/c20-13-8-6-12(7-9-13)19(27)23-10-2-5-17(26)28-11-16(25)24-18-14(21)3-1-4-15(18)22/h1,3-4,6-9H,2,5,10-11H2,(H,23,27)(H,24,25). The Morgan fingerprint density at radius 3 is 2.21 bits per heavy atom. The van der Waals surface area contributed by atoms with Crippen LogP contribution in [0.15, 0.2) is 42.5 Å². The minimum Gasteiger partial charge on any atom is -0.456 e. The second kappa shape index (κ2) is 10.9. The van der Waals surface area contributed by atoms with Crippen LogP contribution in [-0.2, 0) is 14.3 Å². The molecule has 0 aliphatic carbocycles. The number of rotatable bonds is 8. The molecule has 6 nitrogen and oxygen atoms in total. The van der Waals surface area contributed by atoms with Crippen LogP contribution in [0.3, 0.4) is 0 Å². The van der Waals surface area contributed by atoms with Crippen LogP contribution >= 0.6 is 34.8 Å². The minimum atomic E-state index is -0.556. The summed E-state index contributed by atoms with van der Waals surface area (Å²) in [6, 6.07) is 11.3. The molecule has 0 aliphatic heterocycles. The highest BCUT2D eigenvalue weighted by molar-refractivity contribution is 6.39. The number of para-hydroxylation sites is 1. The molecule has 0 atom stereocenters. The number of hydrogen-bond acceptors (Lipinski definition) is 4. The summed E-state index contributed by atoms with van der Waals surface area (Å²) in [6.07, 6.45) is 0.428. The van der Waals surface area contributed by atoms with Crippen LogP contribution in [0.1, 0.15) is 23.2 Å². The predicted molar refractivity (Wildman–Crippen MR) is 109 cm³/mol. The molecule has 9 heteroatoms. The molecule has 2 N–H and O–H groups in total. The van der Waals surface area contributed by atoms with Gasteiger partial charge in [0.25, 0.3) is 11.8 Å². The van der Waals surface area contributed by atoms with Gasteiger partial charge in [0.1, 0.15) is 0 Å². The molecule has 148 valence electrons. The first-order valence-corrected chi connectivity index (χ1v) is 9.43. The molecule has 0 spiro atoms. The first-order chi connectivity index (χ1) is 13.4. The summed E-state index contributed by atoms with van der Waals surface area (Å²) >= 11 is 17.7. The van der Waals surface area contributed by atoms with E-state index in [1.807, 2.05) is 0 Å². The van der Waals surface area contributed by atoms with Gasteiger partial charge in [-0.1, -0.05) is 40.9 Å². The van der Waals surface area contributed by atoms with E-state index < -0.39 is 18.5 Å². The largest absolute Gasteiger partial charge is 0.456 e. The Bertz CT molecular complexity index is 837. The van der Waals surface area contributed by atoms with Crippen molar-refractivity contribution in [3.05, 3.63) is 63.1 Å². The number of halogens is 3. The lowest BCUT2D eigenvalue weighted by Gasteiger charge is -2.09. The van der Waals surface area contributed by atoms with Gasteiger partial charge in [-0.05, 0) is 42.8 Å². The van der Waals surface area contributed by atoms with Gasteiger partial charge >= 0.3 is 5.97 Å². The number of hydrogen-bond donors (Lipinski definition) is 2. The third-order valence-corrected chi connectivity index (χ3v) is 4.42. The van der Waals surface area contributed by atoms with Gasteiger partial charge in [-0.25, -0.2) is 0 Å². The van der Waals surface area contributed by atoms with Crippen molar-refractivity contribution >= 4 is 58.3 Å². The molecule has 0 aliphatic rings. The van der Waals surface area contributed by atoms with Crippen LogP contribution in [0, 0.1) is 0 Å². The lowest BCUT2D eigenvalue weighted by Crippen LogP contribution is -2.25. The smallest absolute Gasteiger partial charge is 0.306 e. The number of carbonyl (C=O) groups is 3. The van der Waals surface area contributed by atoms with Crippen LogP contribution in [0.5, 0.6) is 0 Å². The molecule has 0 heterocycles. The maximum absolute atomic E-state index is 11.9. The third kappa shape index (κ3) is 7.03. The molecule has 0 radical (unpaired) electrons. The van der Waals surface area contributed by atoms with E-state index in [1.54, 1.807) is 42.5 Å². The van der Waals surface area contributed by atoms with Crippen molar-refractivity contribution in [1.29, 1.82) is 0 Å². The Hall–Kier alpha value is -2.28. The second-order valence-electron chi connectivity index (χ2n) is 5.67. The molecule has 0 fully saturated rings. The van der Waals surface area contributed by atoms with E-state index in [0.29, 0.717) is 17.0 Å². The Labute approximate surface area is 177 Å². The number of nitrogens with one attached hydrogen (secondary N) is 2. The number of carbonyl (C=O) groups excluding carboxylic acids is 3. The van der Waals surface area contributed by atoms with Crippen molar-refractivity contribution in [1.82, 2.24) is 5.32 Å². The summed E-state index contributed by atoms with van der Waals surface area (Å²) in [5, 5.41) is 6.28. The average Bonchev–Trinajstić information content (AvgIpc) is 2.67.